The molecule has 1 spiro atoms. The van der Waals surface area contributed by atoms with Crippen LogP contribution in [0, 0.1) is 5.41 Å². The van der Waals surface area contributed by atoms with Crippen molar-refractivity contribution in [1.82, 2.24) is 14.9 Å². The number of halogens is 3. The van der Waals surface area contributed by atoms with Gasteiger partial charge in [-0.05, 0) is 43.1 Å². The molecule has 2 fully saturated rings. The Bertz CT molecular complexity index is 1340. The summed E-state index contributed by atoms with van der Waals surface area (Å²) in [6.07, 6.45) is -1.58. The highest BCUT2D eigenvalue weighted by Crippen LogP contribution is 2.44. The number of nitrogens with one attached hydrogen (secondary N) is 1. The summed E-state index contributed by atoms with van der Waals surface area (Å²) in [7, 11) is 0. The zero-order valence-electron chi connectivity index (χ0n) is 20.4. The van der Waals surface area contributed by atoms with E-state index >= 15 is 0 Å². The lowest BCUT2D eigenvalue weighted by molar-refractivity contribution is -0.126. The number of likely N-dealkylation sites (tertiary alicyclic amines) is 1. The molecule has 0 radical (unpaired) electrons. The summed E-state index contributed by atoms with van der Waals surface area (Å²) in [4.78, 5) is 16.3. The third kappa shape index (κ3) is 4.75. The molecule has 2 saturated heterocycles. The molecule has 2 aromatic heterocycles. The lowest BCUT2D eigenvalue weighted by atomic mass is 9.86. The van der Waals surface area contributed by atoms with Gasteiger partial charge in [0.25, 0.3) is 0 Å². The smallest absolute Gasteiger partial charge is 0.393 e. The first-order valence-corrected chi connectivity index (χ1v) is 13.3. The van der Waals surface area contributed by atoms with E-state index in [0.29, 0.717) is 11.4 Å². The number of aliphatic hydroxyl groups is 1. The second kappa shape index (κ2) is 9.14. The number of aliphatic hydroxyl groups excluding tert-OH is 1. The van der Waals surface area contributed by atoms with Crippen LogP contribution in [0.3, 0.4) is 0 Å². The summed E-state index contributed by atoms with van der Waals surface area (Å²) in [5, 5.41) is 13.4. The molecule has 0 saturated carbocycles. The number of aromatic nitrogens is 2. The molecule has 1 atom stereocenters. The second-order valence-corrected chi connectivity index (χ2v) is 11.5. The Balaban J connectivity index is 1.14. The van der Waals surface area contributed by atoms with Crippen molar-refractivity contribution in [3.63, 3.8) is 0 Å². The molecule has 3 aromatic rings. The number of anilines is 3. The van der Waals surface area contributed by atoms with E-state index in [1.54, 1.807) is 6.07 Å². The van der Waals surface area contributed by atoms with Crippen LogP contribution < -0.4 is 15.1 Å². The Morgan fingerprint density at radius 2 is 1.97 bits per heavy atom. The highest BCUT2D eigenvalue weighted by molar-refractivity contribution is 7.18. The first kappa shape index (κ1) is 24.4. The zero-order chi connectivity index (χ0) is 25.8. The Morgan fingerprint density at radius 1 is 1.14 bits per heavy atom. The molecular weight excluding hydrogens is 501 g/mol. The molecule has 2 N–H and O–H groups in total. The molecule has 7 nitrogen and oxygen atoms in total. The maximum absolute atomic E-state index is 12.9. The quantitative estimate of drug-likeness (QED) is 0.483. The average Bonchev–Trinajstić information content (AvgIpc) is 3.60. The van der Waals surface area contributed by atoms with Crippen LogP contribution >= 0.6 is 11.3 Å². The van der Waals surface area contributed by atoms with Gasteiger partial charge in [0.2, 0.25) is 0 Å². The number of thiophene rings is 1. The van der Waals surface area contributed by atoms with Crippen molar-refractivity contribution in [2.75, 3.05) is 54.4 Å². The van der Waals surface area contributed by atoms with Gasteiger partial charge in [0.15, 0.2) is 0 Å². The lowest BCUT2D eigenvalue weighted by Gasteiger charge is -2.25. The second-order valence-electron chi connectivity index (χ2n) is 10.4. The molecule has 11 heteroatoms. The molecule has 37 heavy (non-hydrogen) atoms. The monoisotopic (exact) mass is 530 g/mol. The minimum atomic E-state index is -4.24. The number of β-amino-alcohol motifs (C(OH)–C–C–N with tert-alkyl or cyclic N) is 1. The summed E-state index contributed by atoms with van der Waals surface area (Å²) >= 11 is 1.10. The molecule has 3 aliphatic heterocycles. The third-order valence-electron chi connectivity index (χ3n) is 7.68. The Morgan fingerprint density at radius 3 is 2.78 bits per heavy atom. The van der Waals surface area contributed by atoms with Crippen LogP contribution in [-0.2, 0) is 13.0 Å². The van der Waals surface area contributed by atoms with Gasteiger partial charge in [-0.2, -0.15) is 13.2 Å². The Hall–Kier alpha value is -2.89. The minimum absolute atomic E-state index is 0.0587. The zero-order valence-corrected chi connectivity index (χ0v) is 21.2. The van der Waals surface area contributed by atoms with Crippen LogP contribution in [0.1, 0.15) is 23.3 Å². The minimum Gasteiger partial charge on any atom is -0.395 e. The molecule has 6 rings (SSSR count). The van der Waals surface area contributed by atoms with Gasteiger partial charge < -0.3 is 20.2 Å². The number of benzene rings is 1. The predicted molar refractivity (Wildman–Crippen MR) is 140 cm³/mol. The topological polar surface area (TPSA) is 67.8 Å². The van der Waals surface area contributed by atoms with Gasteiger partial charge >= 0.3 is 6.18 Å². The molecule has 196 valence electrons. The van der Waals surface area contributed by atoms with E-state index in [0.717, 1.165) is 85.3 Å². The Labute approximate surface area is 217 Å². The fourth-order valence-electron chi connectivity index (χ4n) is 6.03. The van der Waals surface area contributed by atoms with Crippen LogP contribution in [0.4, 0.5) is 30.4 Å². The van der Waals surface area contributed by atoms with E-state index < -0.39 is 12.6 Å². The van der Waals surface area contributed by atoms with Crippen molar-refractivity contribution in [2.24, 2.45) is 5.41 Å². The number of alkyl halides is 3. The van der Waals surface area contributed by atoms with Crippen molar-refractivity contribution in [1.29, 1.82) is 0 Å². The van der Waals surface area contributed by atoms with E-state index in [2.05, 4.69) is 49.9 Å². The van der Waals surface area contributed by atoms with Crippen molar-refractivity contribution >= 4 is 38.7 Å². The first-order valence-electron chi connectivity index (χ1n) is 12.5. The summed E-state index contributed by atoms with van der Waals surface area (Å²) in [6.45, 7) is 9.12. The lowest BCUT2D eigenvalue weighted by Crippen LogP contribution is -2.31. The molecule has 1 aromatic carbocycles. The number of rotatable bonds is 6. The van der Waals surface area contributed by atoms with E-state index in [9.17, 15) is 18.3 Å². The van der Waals surface area contributed by atoms with Gasteiger partial charge in [0.05, 0.1) is 29.8 Å². The van der Waals surface area contributed by atoms with Crippen LogP contribution in [-0.4, -0.2) is 65.5 Å². The maximum Gasteiger partial charge on any atom is 0.393 e. The molecular formula is C26H29F3N6OS. The standard InChI is InChI=1S/C26H29F3N6OS/c1-17-32-21-3-2-18(10-22(21)35(17)8-9-36)13-33-6-4-25(14-33)5-7-34(15-25)23-20-11-19(12-26(27,28)29)37-24(20)31-16-30-23/h2-3,10-11,16,32,36H,1,4-9,12-15H2. The first-order chi connectivity index (χ1) is 17.7. The summed E-state index contributed by atoms with van der Waals surface area (Å²) in [5.41, 5.74) is 3.43. The van der Waals surface area contributed by atoms with Crippen LogP contribution in [0.5, 0.6) is 0 Å². The largest absolute Gasteiger partial charge is 0.395 e. The number of hydrogen-bond acceptors (Lipinski definition) is 8. The van der Waals surface area contributed by atoms with Crippen molar-refractivity contribution in [3.05, 3.63) is 53.4 Å². The van der Waals surface area contributed by atoms with Gasteiger partial charge in [-0.25, -0.2) is 9.97 Å². The van der Waals surface area contributed by atoms with Gasteiger partial charge in [-0.15, -0.1) is 11.3 Å². The molecule has 0 bridgehead atoms. The fourth-order valence-corrected chi connectivity index (χ4v) is 7.05. The van der Waals surface area contributed by atoms with Gasteiger partial charge in [-0.1, -0.05) is 12.6 Å². The van der Waals surface area contributed by atoms with Crippen LogP contribution in [0.2, 0.25) is 0 Å². The van der Waals surface area contributed by atoms with Gasteiger partial charge in [0, 0.05) is 43.0 Å². The van der Waals surface area contributed by atoms with E-state index in [4.69, 9.17) is 0 Å². The van der Waals surface area contributed by atoms with Crippen molar-refractivity contribution in [2.45, 2.75) is 32.0 Å². The highest BCUT2D eigenvalue weighted by atomic mass is 32.1. The highest BCUT2D eigenvalue weighted by Gasteiger charge is 2.44. The average molecular weight is 531 g/mol. The summed E-state index contributed by atoms with van der Waals surface area (Å²) in [5.74, 6) is 1.53. The fraction of sp³-hybridized carbons (Fsp3) is 0.462. The Kier molecular flexibility index (Phi) is 6.04. The predicted octanol–water partition coefficient (Wildman–Crippen LogP) is 4.59. The normalized spacial score (nSPS) is 22.0. The molecule has 0 amide bonds. The van der Waals surface area contributed by atoms with Crippen molar-refractivity contribution in [3.8, 4) is 0 Å². The molecule has 3 aliphatic rings. The summed E-state index contributed by atoms with van der Waals surface area (Å²) < 4.78 is 38.8. The van der Waals surface area contributed by atoms with Crippen molar-refractivity contribution < 1.29 is 18.3 Å². The van der Waals surface area contributed by atoms with E-state index in [1.165, 1.54) is 11.9 Å². The van der Waals surface area contributed by atoms with E-state index in [-0.39, 0.29) is 16.9 Å². The number of hydrogen-bond donors (Lipinski definition) is 2. The SMILES string of the molecule is C=C1Nc2ccc(CN3CCC4(CCN(c5ncnc6sc(CC(F)(F)F)cc56)C4)C3)cc2N1CCO. The molecule has 5 heterocycles. The molecule has 0 aliphatic carbocycles. The number of fused-ring (bicyclic) bond motifs is 2. The van der Waals surface area contributed by atoms with Gasteiger partial charge in [-0.3, -0.25) is 4.90 Å². The third-order valence-corrected chi connectivity index (χ3v) is 8.72. The van der Waals surface area contributed by atoms with Gasteiger partial charge in [0.1, 0.15) is 22.8 Å². The van der Waals surface area contributed by atoms with Crippen LogP contribution in [0.15, 0.2) is 43.0 Å². The summed E-state index contributed by atoms with van der Waals surface area (Å²) in [6, 6.07) is 8.01. The number of nitrogens with zero attached hydrogens (tertiary/aromatic N) is 5. The maximum atomic E-state index is 12.9. The van der Waals surface area contributed by atoms with E-state index in [1.807, 2.05) is 4.90 Å². The van der Waals surface area contributed by atoms with Crippen LogP contribution in [0.25, 0.3) is 10.2 Å². The molecule has 1 unspecified atom stereocenters.